The van der Waals surface area contributed by atoms with Crippen molar-refractivity contribution >= 4 is 34.6 Å². The Morgan fingerprint density at radius 1 is 0.806 bits per heavy atom. The molecule has 2 aromatic heterocycles. The molecule has 0 spiro atoms. The summed E-state index contributed by atoms with van der Waals surface area (Å²) in [5.74, 6) is 2.31. The van der Waals surface area contributed by atoms with Gasteiger partial charge in [-0.1, -0.05) is 23.7 Å². The van der Waals surface area contributed by atoms with Crippen LogP contribution in [0.2, 0.25) is 5.02 Å². The predicted octanol–water partition coefficient (Wildman–Crippen LogP) is 5.92. The van der Waals surface area contributed by atoms with Gasteiger partial charge in [-0.25, -0.2) is 19.9 Å². The van der Waals surface area contributed by atoms with Crippen LogP contribution in [-0.4, -0.2) is 19.9 Å². The van der Waals surface area contributed by atoms with Crippen LogP contribution in [-0.2, 0) is 6.42 Å². The van der Waals surface area contributed by atoms with Crippen molar-refractivity contribution in [1.82, 2.24) is 19.9 Å². The fraction of sp³-hybridized carbons (Fsp3) is 0.167. The molecule has 156 valence electrons. The van der Waals surface area contributed by atoms with Crippen molar-refractivity contribution in [2.45, 2.75) is 27.2 Å². The molecule has 0 bridgehead atoms. The summed E-state index contributed by atoms with van der Waals surface area (Å²) in [7, 11) is 0. The standard InChI is InChI=1S/C24H23ClN6/c1-15-12-23(27-14-26-15)30-20-8-10-21(11-9-20)31-24-22(16(2)28-17(3)29-24)13-18-4-6-19(25)7-5-18/h4-12,14H,13H2,1-3H3,(H,26,27,30)(H,28,29,31). The molecule has 31 heavy (non-hydrogen) atoms. The maximum atomic E-state index is 6.03. The number of hydrogen-bond donors (Lipinski definition) is 2. The van der Waals surface area contributed by atoms with Crippen molar-refractivity contribution in [3.05, 3.63) is 94.3 Å². The third-order valence-corrected chi connectivity index (χ3v) is 5.10. The van der Waals surface area contributed by atoms with Gasteiger partial charge in [-0.3, -0.25) is 0 Å². The van der Waals surface area contributed by atoms with Crippen molar-refractivity contribution < 1.29 is 0 Å². The fourth-order valence-electron chi connectivity index (χ4n) is 3.30. The zero-order valence-corrected chi connectivity index (χ0v) is 18.4. The second kappa shape index (κ2) is 9.10. The highest BCUT2D eigenvalue weighted by atomic mass is 35.5. The summed E-state index contributed by atoms with van der Waals surface area (Å²) in [4.78, 5) is 17.6. The van der Waals surface area contributed by atoms with Crippen LogP contribution >= 0.6 is 11.6 Å². The number of aryl methyl sites for hydroxylation is 3. The highest BCUT2D eigenvalue weighted by molar-refractivity contribution is 6.30. The molecular weight excluding hydrogens is 408 g/mol. The van der Waals surface area contributed by atoms with Gasteiger partial charge in [0.2, 0.25) is 0 Å². The van der Waals surface area contributed by atoms with Crippen LogP contribution in [0, 0.1) is 20.8 Å². The Morgan fingerprint density at radius 3 is 2.16 bits per heavy atom. The first-order valence-corrected chi connectivity index (χ1v) is 10.4. The highest BCUT2D eigenvalue weighted by Gasteiger charge is 2.12. The van der Waals surface area contributed by atoms with Gasteiger partial charge in [-0.2, -0.15) is 0 Å². The van der Waals surface area contributed by atoms with Crippen LogP contribution < -0.4 is 10.6 Å². The van der Waals surface area contributed by atoms with Gasteiger partial charge in [0.05, 0.1) is 0 Å². The lowest BCUT2D eigenvalue weighted by Crippen LogP contribution is -2.06. The van der Waals surface area contributed by atoms with Crippen LogP contribution in [0.15, 0.2) is 60.9 Å². The Labute approximate surface area is 186 Å². The molecule has 6 nitrogen and oxygen atoms in total. The molecule has 0 unspecified atom stereocenters. The quantitative estimate of drug-likeness (QED) is 0.395. The second-order valence-corrected chi connectivity index (χ2v) is 7.80. The Kier molecular flexibility index (Phi) is 6.09. The van der Waals surface area contributed by atoms with Crippen LogP contribution in [0.1, 0.15) is 28.3 Å². The van der Waals surface area contributed by atoms with Crippen LogP contribution in [0.5, 0.6) is 0 Å². The molecule has 0 saturated heterocycles. The molecule has 0 aliphatic heterocycles. The zero-order valence-electron chi connectivity index (χ0n) is 17.6. The molecule has 0 fully saturated rings. The molecule has 2 heterocycles. The number of anilines is 4. The van der Waals surface area contributed by atoms with E-state index in [9.17, 15) is 0 Å². The number of halogens is 1. The lowest BCUT2D eigenvalue weighted by molar-refractivity contribution is 0.965. The van der Waals surface area contributed by atoms with Crippen molar-refractivity contribution in [3.8, 4) is 0 Å². The molecule has 2 aromatic carbocycles. The number of nitrogens with one attached hydrogen (secondary N) is 2. The van der Waals surface area contributed by atoms with Gasteiger partial charge in [0.15, 0.2) is 0 Å². The summed E-state index contributed by atoms with van der Waals surface area (Å²) in [6, 6.07) is 17.8. The van der Waals surface area contributed by atoms with Crippen molar-refractivity contribution in [3.63, 3.8) is 0 Å². The van der Waals surface area contributed by atoms with E-state index < -0.39 is 0 Å². The van der Waals surface area contributed by atoms with Crippen LogP contribution in [0.4, 0.5) is 23.0 Å². The average Bonchev–Trinajstić information content (AvgIpc) is 2.73. The summed E-state index contributed by atoms with van der Waals surface area (Å²) in [6.45, 7) is 5.86. The number of benzene rings is 2. The third kappa shape index (κ3) is 5.35. The predicted molar refractivity (Wildman–Crippen MR) is 126 cm³/mol. The minimum Gasteiger partial charge on any atom is -0.340 e. The topological polar surface area (TPSA) is 75.6 Å². The maximum Gasteiger partial charge on any atom is 0.137 e. The SMILES string of the molecule is Cc1cc(Nc2ccc(Nc3nc(C)nc(C)c3Cc3ccc(Cl)cc3)cc2)ncn1. The number of hydrogen-bond acceptors (Lipinski definition) is 6. The van der Waals surface area contributed by atoms with Gasteiger partial charge in [0.1, 0.15) is 23.8 Å². The monoisotopic (exact) mass is 430 g/mol. The van der Waals surface area contributed by atoms with E-state index in [0.29, 0.717) is 0 Å². The smallest absolute Gasteiger partial charge is 0.137 e. The van der Waals surface area contributed by atoms with E-state index in [4.69, 9.17) is 11.6 Å². The maximum absolute atomic E-state index is 6.03. The van der Waals surface area contributed by atoms with Crippen molar-refractivity contribution in [2.75, 3.05) is 10.6 Å². The molecule has 0 aliphatic rings. The van der Waals surface area contributed by atoms with E-state index >= 15 is 0 Å². The Hall–Kier alpha value is -3.51. The van der Waals surface area contributed by atoms with E-state index in [1.165, 1.54) is 0 Å². The summed E-state index contributed by atoms with van der Waals surface area (Å²) < 4.78 is 0. The first kappa shape index (κ1) is 20.8. The van der Waals surface area contributed by atoms with Gasteiger partial charge in [0, 0.05) is 45.8 Å². The van der Waals surface area contributed by atoms with E-state index in [0.717, 1.165) is 62.8 Å². The van der Waals surface area contributed by atoms with Gasteiger partial charge < -0.3 is 10.6 Å². The highest BCUT2D eigenvalue weighted by Crippen LogP contribution is 2.26. The van der Waals surface area contributed by atoms with E-state index in [2.05, 4.69) is 30.6 Å². The summed E-state index contributed by atoms with van der Waals surface area (Å²) in [5, 5.41) is 7.47. The Bertz CT molecular complexity index is 1190. The minimum atomic E-state index is 0.721. The van der Waals surface area contributed by atoms with Gasteiger partial charge >= 0.3 is 0 Å². The van der Waals surface area contributed by atoms with Gasteiger partial charge in [0.25, 0.3) is 0 Å². The second-order valence-electron chi connectivity index (χ2n) is 7.36. The molecule has 0 aliphatic carbocycles. The summed E-state index contributed by atoms with van der Waals surface area (Å²) in [6.07, 6.45) is 2.27. The number of rotatable bonds is 6. The number of aromatic nitrogens is 4. The molecular formula is C24H23ClN6. The Morgan fingerprint density at radius 2 is 1.48 bits per heavy atom. The first-order chi connectivity index (χ1) is 15.0. The van der Waals surface area contributed by atoms with Crippen LogP contribution in [0.25, 0.3) is 0 Å². The fourth-order valence-corrected chi connectivity index (χ4v) is 3.43. The Balaban J connectivity index is 1.55. The van der Waals surface area contributed by atoms with E-state index in [-0.39, 0.29) is 0 Å². The lowest BCUT2D eigenvalue weighted by atomic mass is 10.0. The molecule has 2 N–H and O–H groups in total. The van der Waals surface area contributed by atoms with E-state index in [1.807, 2.05) is 75.4 Å². The lowest BCUT2D eigenvalue weighted by Gasteiger charge is -2.15. The number of nitrogens with zero attached hydrogens (tertiary/aromatic N) is 4. The third-order valence-electron chi connectivity index (χ3n) is 4.84. The first-order valence-electron chi connectivity index (χ1n) is 9.97. The van der Waals surface area contributed by atoms with Gasteiger partial charge in [-0.05, 0) is 62.7 Å². The molecule has 4 aromatic rings. The van der Waals surface area contributed by atoms with Crippen molar-refractivity contribution in [1.29, 1.82) is 0 Å². The van der Waals surface area contributed by atoms with Crippen LogP contribution in [0.3, 0.4) is 0 Å². The average molecular weight is 431 g/mol. The van der Waals surface area contributed by atoms with Crippen molar-refractivity contribution in [2.24, 2.45) is 0 Å². The molecule has 0 radical (unpaired) electrons. The molecule has 7 heteroatoms. The summed E-state index contributed by atoms with van der Waals surface area (Å²) >= 11 is 6.03. The normalized spacial score (nSPS) is 10.7. The molecule has 0 saturated carbocycles. The van der Waals surface area contributed by atoms with Gasteiger partial charge in [-0.15, -0.1) is 0 Å². The molecule has 4 rings (SSSR count). The van der Waals surface area contributed by atoms with E-state index in [1.54, 1.807) is 6.33 Å². The minimum absolute atomic E-state index is 0.721. The molecule has 0 atom stereocenters. The molecule has 0 amide bonds. The largest absolute Gasteiger partial charge is 0.340 e. The summed E-state index contributed by atoms with van der Waals surface area (Å²) in [5.41, 5.74) is 5.98. The zero-order chi connectivity index (χ0) is 21.8.